The summed E-state index contributed by atoms with van der Waals surface area (Å²) in [4.78, 5) is 0.311. The van der Waals surface area contributed by atoms with Gasteiger partial charge < -0.3 is 14.3 Å². The molecule has 2 N–H and O–H groups in total. The molecule has 6 nitrogen and oxygen atoms in total. The van der Waals surface area contributed by atoms with Crippen LogP contribution in [0.15, 0.2) is 40.0 Å². The van der Waals surface area contributed by atoms with E-state index in [2.05, 4.69) is 14.6 Å². The molecule has 7 heteroatoms. The maximum atomic E-state index is 12.4. The molecule has 0 spiro atoms. The van der Waals surface area contributed by atoms with Crippen LogP contribution in [0.3, 0.4) is 0 Å². The van der Waals surface area contributed by atoms with Gasteiger partial charge in [0, 0.05) is 24.5 Å². The highest BCUT2D eigenvalue weighted by Crippen LogP contribution is 2.37. The van der Waals surface area contributed by atoms with E-state index < -0.39 is 10.0 Å². The summed E-state index contributed by atoms with van der Waals surface area (Å²) in [5.41, 5.74) is 0.998. The van der Waals surface area contributed by atoms with Gasteiger partial charge in [-0.25, -0.2) is 13.1 Å². The lowest BCUT2D eigenvalue weighted by molar-refractivity contribution is 0.498. The molecule has 3 rings (SSSR count). The normalized spacial score (nSPS) is 15.5. The van der Waals surface area contributed by atoms with Crippen LogP contribution in [0.1, 0.15) is 30.3 Å². The summed E-state index contributed by atoms with van der Waals surface area (Å²) < 4.78 is 34.5. The van der Waals surface area contributed by atoms with E-state index in [0.717, 1.165) is 18.5 Å². The zero-order valence-electron chi connectivity index (χ0n) is 11.9. The molecule has 0 amide bonds. The van der Waals surface area contributed by atoms with Crippen LogP contribution in [0.5, 0.6) is 0 Å². The quantitative estimate of drug-likeness (QED) is 0.815. The van der Waals surface area contributed by atoms with Gasteiger partial charge in [-0.05, 0) is 38.1 Å². The third-order valence-corrected chi connectivity index (χ3v) is 4.90. The minimum absolute atomic E-state index is 0.158. The van der Waals surface area contributed by atoms with E-state index in [0.29, 0.717) is 23.2 Å². The highest BCUT2D eigenvalue weighted by Gasteiger charge is 2.28. The van der Waals surface area contributed by atoms with Crippen LogP contribution in [-0.4, -0.2) is 20.0 Å². The van der Waals surface area contributed by atoms with E-state index in [9.17, 15) is 8.42 Å². The van der Waals surface area contributed by atoms with E-state index in [1.807, 2.05) is 7.05 Å². The number of rotatable bonds is 7. The minimum Gasteiger partial charge on any atom is -0.468 e. The van der Waals surface area contributed by atoms with Crippen molar-refractivity contribution < 1.29 is 12.8 Å². The first-order chi connectivity index (χ1) is 10.1. The van der Waals surface area contributed by atoms with Gasteiger partial charge in [0.15, 0.2) is 0 Å². The van der Waals surface area contributed by atoms with Crippen LogP contribution >= 0.6 is 0 Å². The highest BCUT2D eigenvalue weighted by molar-refractivity contribution is 7.89. The molecule has 0 atom stereocenters. The molecule has 21 heavy (non-hydrogen) atoms. The Hall–Kier alpha value is -1.57. The predicted molar refractivity (Wildman–Crippen MR) is 78.2 cm³/mol. The fourth-order valence-corrected chi connectivity index (χ4v) is 3.36. The molecule has 1 aliphatic carbocycles. The first kappa shape index (κ1) is 14.4. The summed E-state index contributed by atoms with van der Waals surface area (Å²) in [6.07, 6.45) is 5.49. The Labute approximate surface area is 124 Å². The lowest BCUT2D eigenvalue weighted by Gasteiger charge is -2.05. The van der Waals surface area contributed by atoms with Crippen LogP contribution in [0, 0.1) is 0 Å². The van der Waals surface area contributed by atoms with E-state index in [4.69, 9.17) is 4.42 Å². The molecule has 2 aromatic heterocycles. The van der Waals surface area contributed by atoms with Crippen molar-refractivity contribution in [2.75, 3.05) is 7.05 Å². The second-order valence-corrected chi connectivity index (χ2v) is 7.01. The maximum Gasteiger partial charge on any atom is 0.242 e. The molecule has 114 valence electrons. The number of nitrogens with one attached hydrogen (secondary N) is 2. The number of sulfonamides is 1. The number of hydrogen-bond acceptors (Lipinski definition) is 4. The SMILES string of the molecule is CNCc1cc(S(=O)(=O)NCc2ccco2)cn1C1CC1. The Morgan fingerprint density at radius 2 is 2.19 bits per heavy atom. The predicted octanol–water partition coefficient (Wildman–Crippen LogP) is 1.61. The van der Waals surface area contributed by atoms with Gasteiger partial charge >= 0.3 is 0 Å². The van der Waals surface area contributed by atoms with Crippen molar-refractivity contribution in [3.63, 3.8) is 0 Å². The molecular formula is C14H19N3O3S. The summed E-state index contributed by atoms with van der Waals surface area (Å²) in [7, 11) is -1.67. The van der Waals surface area contributed by atoms with Gasteiger partial charge in [-0.2, -0.15) is 0 Å². The summed E-state index contributed by atoms with van der Waals surface area (Å²) in [5.74, 6) is 0.593. The Bertz CT molecular complexity index is 700. The van der Waals surface area contributed by atoms with Crippen molar-refractivity contribution in [2.45, 2.75) is 36.9 Å². The van der Waals surface area contributed by atoms with E-state index in [1.165, 1.54) is 6.26 Å². The first-order valence-corrected chi connectivity index (χ1v) is 8.46. The van der Waals surface area contributed by atoms with Crippen molar-refractivity contribution >= 4 is 10.0 Å². The smallest absolute Gasteiger partial charge is 0.242 e. The summed E-state index contributed by atoms with van der Waals surface area (Å²) in [6, 6.07) is 5.66. The van der Waals surface area contributed by atoms with Crippen molar-refractivity contribution in [3.05, 3.63) is 42.1 Å². The van der Waals surface area contributed by atoms with Crippen LogP contribution in [0.4, 0.5) is 0 Å². The van der Waals surface area contributed by atoms with Gasteiger partial charge in [-0.1, -0.05) is 0 Å². The molecule has 0 aromatic carbocycles. The molecule has 0 unspecified atom stereocenters. The summed E-state index contributed by atoms with van der Waals surface area (Å²) >= 11 is 0. The molecule has 2 aromatic rings. The largest absolute Gasteiger partial charge is 0.468 e. The lowest BCUT2D eigenvalue weighted by atomic mass is 10.4. The summed E-state index contributed by atoms with van der Waals surface area (Å²) in [5, 5.41) is 3.08. The van der Waals surface area contributed by atoms with Crippen molar-refractivity contribution in [1.29, 1.82) is 0 Å². The fraction of sp³-hybridized carbons (Fsp3) is 0.429. The lowest BCUT2D eigenvalue weighted by Crippen LogP contribution is -2.22. The molecule has 1 saturated carbocycles. The van der Waals surface area contributed by atoms with Crippen molar-refractivity contribution in [2.24, 2.45) is 0 Å². The standard InChI is InChI=1S/C14H19N3O3S/c1-15-8-12-7-14(10-17(12)11-4-5-11)21(18,19)16-9-13-3-2-6-20-13/h2-3,6-7,10-11,15-16H,4-5,8-9H2,1H3. The van der Waals surface area contributed by atoms with Crippen molar-refractivity contribution in [1.82, 2.24) is 14.6 Å². The van der Waals surface area contributed by atoms with Gasteiger partial charge in [-0.15, -0.1) is 0 Å². The summed E-state index contributed by atoms with van der Waals surface area (Å²) in [6.45, 7) is 0.815. The van der Waals surface area contributed by atoms with Gasteiger partial charge in [0.25, 0.3) is 0 Å². The zero-order chi connectivity index (χ0) is 14.9. The van der Waals surface area contributed by atoms with Crippen LogP contribution in [-0.2, 0) is 23.1 Å². The van der Waals surface area contributed by atoms with E-state index in [1.54, 1.807) is 24.4 Å². The molecule has 0 aliphatic heterocycles. The molecular weight excluding hydrogens is 290 g/mol. The Morgan fingerprint density at radius 3 is 2.81 bits per heavy atom. The second-order valence-electron chi connectivity index (χ2n) is 5.24. The Morgan fingerprint density at radius 1 is 1.38 bits per heavy atom. The van der Waals surface area contributed by atoms with E-state index >= 15 is 0 Å². The number of aromatic nitrogens is 1. The van der Waals surface area contributed by atoms with Crippen LogP contribution < -0.4 is 10.0 Å². The van der Waals surface area contributed by atoms with Crippen LogP contribution in [0.2, 0.25) is 0 Å². The highest BCUT2D eigenvalue weighted by atomic mass is 32.2. The second kappa shape index (κ2) is 5.67. The van der Waals surface area contributed by atoms with E-state index in [-0.39, 0.29) is 6.54 Å². The average Bonchev–Trinajstić information content (AvgIpc) is 3.00. The van der Waals surface area contributed by atoms with Gasteiger partial charge in [0.05, 0.1) is 17.7 Å². The third-order valence-electron chi connectivity index (χ3n) is 3.53. The fourth-order valence-electron chi connectivity index (χ4n) is 2.32. The zero-order valence-corrected chi connectivity index (χ0v) is 12.7. The molecule has 1 aliphatic rings. The van der Waals surface area contributed by atoms with Crippen LogP contribution in [0.25, 0.3) is 0 Å². The molecule has 0 radical (unpaired) electrons. The number of hydrogen-bond donors (Lipinski definition) is 2. The Kier molecular flexibility index (Phi) is 3.88. The molecule has 2 heterocycles. The third kappa shape index (κ3) is 3.20. The molecule has 0 bridgehead atoms. The van der Waals surface area contributed by atoms with Gasteiger partial charge in [0.2, 0.25) is 10.0 Å². The minimum atomic E-state index is -3.52. The first-order valence-electron chi connectivity index (χ1n) is 6.97. The van der Waals surface area contributed by atoms with Gasteiger partial charge in [0.1, 0.15) is 5.76 Å². The monoisotopic (exact) mass is 309 g/mol. The average molecular weight is 309 g/mol. The maximum absolute atomic E-state index is 12.4. The van der Waals surface area contributed by atoms with Gasteiger partial charge in [-0.3, -0.25) is 0 Å². The molecule has 0 saturated heterocycles. The number of nitrogens with zero attached hydrogens (tertiary/aromatic N) is 1. The Balaban J connectivity index is 1.79. The topological polar surface area (TPSA) is 76.3 Å². The molecule has 1 fully saturated rings. The number of furan rings is 1. The van der Waals surface area contributed by atoms with Crippen molar-refractivity contribution in [3.8, 4) is 0 Å².